The lowest BCUT2D eigenvalue weighted by Crippen LogP contribution is -2.13. The molecule has 0 aliphatic carbocycles. The Balaban J connectivity index is 2.62. The van der Waals surface area contributed by atoms with E-state index < -0.39 is 19.2 Å². The zero-order chi connectivity index (χ0) is 13.6. The van der Waals surface area contributed by atoms with Crippen molar-refractivity contribution in [1.29, 1.82) is 0 Å². The highest BCUT2D eigenvalue weighted by Crippen LogP contribution is 2.21. The number of ether oxygens (including phenoxy) is 1. The standard InChI is InChI=1S/C13H13F3O2/c1-10-9-12(18-8-6-13(14,15)16)5-4-11(10)3-2-7-17/h4-5,9,17H,6-8H2,1H3. The van der Waals surface area contributed by atoms with E-state index in [0.29, 0.717) is 11.3 Å². The molecule has 5 heteroatoms. The maximum atomic E-state index is 11.9. The maximum Gasteiger partial charge on any atom is 0.392 e. The summed E-state index contributed by atoms with van der Waals surface area (Å²) < 4.78 is 40.8. The fourth-order valence-corrected chi connectivity index (χ4v) is 1.29. The van der Waals surface area contributed by atoms with Crippen LogP contribution in [0.5, 0.6) is 5.75 Å². The molecule has 1 N–H and O–H groups in total. The molecule has 98 valence electrons. The van der Waals surface area contributed by atoms with Gasteiger partial charge in [0.05, 0.1) is 13.0 Å². The second-order valence-corrected chi connectivity index (χ2v) is 3.65. The molecule has 0 fully saturated rings. The highest BCUT2D eigenvalue weighted by atomic mass is 19.4. The second-order valence-electron chi connectivity index (χ2n) is 3.65. The minimum Gasteiger partial charge on any atom is -0.493 e. The molecule has 0 bridgehead atoms. The van der Waals surface area contributed by atoms with Gasteiger partial charge in [-0.05, 0) is 30.7 Å². The smallest absolute Gasteiger partial charge is 0.392 e. The zero-order valence-electron chi connectivity index (χ0n) is 9.84. The summed E-state index contributed by atoms with van der Waals surface area (Å²) in [5.74, 6) is 5.62. The minimum absolute atomic E-state index is 0.233. The Morgan fingerprint density at radius 1 is 1.33 bits per heavy atom. The Hall–Kier alpha value is -1.67. The Bertz CT molecular complexity index is 456. The van der Waals surface area contributed by atoms with E-state index in [-0.39, 0.29) is 6.61 Å². The van der Waals surface area contributed by atoms with Crippen molar-refractivity contribution in [2.45, 2.75) is 19.5 Å². The number of aliphatic hydroxyl groups is 1. The van der Waals surface area contributed by atoms with Crippen LogP contribution in [-0.2, 0) is 0 Å². The zero-order valence-corrected chi connectivity index (χ0v) is 9.84. The summed E-state index contributed by atoms with van der Waals surface area (Å²) in [6, 6.07) is 4.84. The molecule has 1 aromatic rings. The minimum atomic E-state index is -4.21. The van der Waals surface area contributed by atoms with Crippen molar-refractivity contribution in [1.82, 2.24) is 0 Å². The Labute approximate surface area is 103 Å². The van der Waals surface area contributed by atoms with Crippen molar-refractivity contribution < 1.29 is 23.0 Å². The number of aliphatic hydroxyl groups excluding tert-OH is 1. The number of benzene rings is 1. The molecule has 0 radical (unpaired) electrons. The lowest BCUT2D eigenvalue weighted by molar-refractivity contribution is -0.139. The number of hydrogen-bond donors (Lipinski definition) is 1. The first-order valence-electron chi connectivity index (χ1n) is 5.32. The molecule has 0 unspecified atom stereocenters. The van der Waals surface area contributed by atoms with Crippen LogP contribution in [0.15, 0.2) is 18.2 Å². The average molecular weight is 258 g/mol. The van der Waals surface area contributed by atoms with E-state index >= 15 is 0 Å². The van der Waals surface area contributed by atoms with Crippen molar-refractivity contribution in [2.24, 2.45) is 0 Å². The molecule has 0 amide bonds. The molecule has 0 aliphatic rings. The van der Waals surface area contributed by atoms with Crippen LogP contribution in [0.25, 0.3) is 0 Å². The summed E-state index contributed by atoms with van der Waals surface area (Å²) >= 11 is 0. The third kappa shape index (κ3) is 5.11. The van der Waals surface area contributed by atoms with Crippen LogP contribution >= 0.6 is 0 Å². The van der Waals surface area contributed by atoms with Crippen LogP contribution < -0.4 is 4.74 Å². The molecular weight excluding hydrogens is 245 g/mol. The maximum absolute atomic E-state index is 11.9. The summed E-state index contributed by atoms with van der Waals surface area (Å²) in [7, 11) is 0. The third-order valence-corrected chi connectivity index (χ3v) is 2.15. The summed E-state index contributed by atoms with van der Waals surface area (Å²) in [6.45, 7) is 1.14. The molecule has 0 spiro atoms. The molecule has 18 heavy (non-hydrogen) atoms. The van der Waals surface area contributed by atoms with Gasteiger partial charge in [-0.15, -0.1) is 0 Å². The Morgan fingerprint density at radius 2 is 2.06 bits per heavy atom. The molecule has 0 atom stereocenters. The number of aryl methyl sites for hydroxylation is 1. The summed E-state index contributed by atoms with van der Waals surface area (Å²) in [6.07, 6.45) is -5.18. The fourth-order valence-electron chi connectivity index (χ4n) is 1.29. The van der Waals surface area contributed by atoms with E-state index in [4.69, 9.17) is 9.84 Å². The molecule has 2 nitrogen and oxygen atoms in total. The lowest BCUT2D eigenvalue weighted by Gasteiger charge is -2.09. The molecular formula is C13H13F3O2. The molecule has 1 aromatic carbocycles. The van der Waals surface area contributed by atoms with Gasteiger partial charge >= 0.3 is 6.18 Å². The first-order chi connectivity index (χ1) is 8.42. The van der Waals surface area contributed by atoms with E-state index in [1.165, 1.54) is 0 Å². The first kappa shape index (κ1) is 14.4. The summed E-state index contributed by atoms with van der Waals surface area (Å²) in [5, 5.41) is 8.56. The van der Waals surface area contributed by atoms with E-state index in [0.717, 1.165) is 5.56 Å². The van der Waals surface area contributed by atoms with Gasteiger partial charge < -0.3 is 9.84 Å². The predicted molar refractivity (Wildman–Crippen MR) is 61.3 cm³/mol. The number of halogens is 3. The van der Waals surface area contributed by atoms with Gasteiger partial charge in [-0.2, -0.15) is 13.2 Å². The second kappa shape index (κ2) is 6.31. The van der Waals surface area contributed by atoms with Crippen molar-refractivity contribution in [2.75, 3.05) is 13.2 Å². The molecule has 0 saturated heterocycles. The highest BCUT2D eigenvalue weighted by molar-refractivity contribution is 5.44. The molecule has 1 rings (SSSR count). The van der Waals surface area contributed by atoms with E-state index in [9.17, 15) is 13.2 Å². The van der Waals surface area contributed by atoms with Crippen LogP contribution in [-0.4, -0.2) is 24.5 Å². The third-order valence-electron chi connectivity index (χ3n) is 2.15. The van der Waals surface area contributed by atoms with Crippen LogP contribution in [0, 0.1) is 18.8 Å². The van der Waals surface area contributed by atoms with Gasteiger partial charge in [-0.25, -0.2) is 0 Å². The molecule has 0 heterocycles. The number of alkyl halides is 3. The van der Waals surface area contributed by atoms with Gasteiger partial charge in [-0.3, -0.25) is 0 Å². The van der Waals surface area contributed by atoms with Gasteiger partial charge in [0, 0.05) is 5.56 Å². The molecule has 0 saturated carbocycles. The van der Waals surface area contributed by atoms with E-state index in [1.54, 1.807) is 25.1 Å². The van der Waals surface area contributed by atoms with Gasteiger partial charge in [-0.1, -0.05) is 11.8 Å². The van der Waals surface area contributed by atoms with Crippen molar-refractivity contribution >= 4 is 0 Å². The average Bonchev–Trinajstić information content (AvgIpc) is 2.26. The van der Waals surface area contributed by atoms with Gasteiger partial charge in [0.25, 0.3) is 0 Å². The fraction of sp³-hybridized carbons (Fsp3) is 0.385. The lowest BCUT2D eigenvalue weighted by atomic mass is 10.1. The van der Waals surface area contributed by atoms with Crippen LogP contribution in [0.1, 0.15) is 17.5 Å². The highest BCUT2D eigenvalue weighted by Gasteiger charge is 2.26. The van der Waals surface area contributed by atoms with E-state index in [2.05, 4.69) is 11.8 Å². The monoisotopic (exact) mass is 258 g/mol. The normalized spacial score (nSPS) is 10.7. The molecule has 0 aliphatic heterocycles. The van der Waals surface area contributed by atoms with Gasteiger partial charge in [0.15, 0.2) is 0 Å². The predicted octanol–water partition coefficient (Wildman–Crippen LogP) is 2.67. The van der Waals surface area contributed by atoms with Gasteiger partial charge in [0.2, 0.25) is 0 Å². The van der Waals surface area contributed by atoms with E-state index in [1.807, 2.05) is 0 Å². The summed E-state index contributed by atoms with van der Waals surface area (Å²) in [4.78, 5) is 0. The topological polar surface area (TPSA) is 29.5 Å². The van der Waals surface area contributed by atoms with Crippen LogP contribution in [0.2, 0.25) is 0 Å². The number of hydrogen-bond acceptors (Lipinski definition) is 2. The Kier molecular flexibility index (Phi) is 5.05. The van der Waals surface area contributed by atoms with Gasteiger partial charge in [0.1, 0.15) is 12.4 Å². The molecule has 0 aromatic heterocycles. The Morgan fingerprint density at radius 3 is 2.61 bits per heavy atom. The van der Waals surface area contributed by atoms with Crippen molar-refractivity contribution in [3.8, 4) is 17.6 Å². The SMILES string of the molecule is Cc1cc(OCCC(F)(F)F)ccc1C#CCO. The van der Waals surface area contributed by atoms with Crippen molar-refractivity contribution in [3.05, 3.63) is 29.3 Å². The van der Waals surface area contributed by atoms with Crippen molar-refractivity contribution in [3.63, 3.8) is 0 Å². The largest absolute Gasteiger partial charge is 0.493 e. The van der Waals surface area contributed by atoms with Crippen LogP contribution in [0.4, 0.5) is 13.2 Å². The number of rotatable bonds is 3. The summed E-state index contributed by atoms with van der Waals surface area (Å²) in [5.41, 5.74) is 1.51. The van der Waals surface area contributed by atoms with Crippen LogP contribution in [0.3, 0.4) is 0 Å². The quantitative estimate of drug-likeness (QED) is 0.845. The first-order valence-corrected chi connectivity index (χ1v) is 5.32.